The number of carbonyl (C=O) groups is 1. The fraction of sp³-hybridized carbons (Fsp3) is 0.875. The van der Waals surface area contributed by atoms with Crippen LogP contribution in [0.3, 0.4) is 0 Å². The molecule has 0 aliphatic heterocycles. The SMILES string of the molecule is CC1CCC(C(=O)O)CC1Br. The topological polar surface area (TPSA) is 37.3 Å². The van der Waals surface area contributed by atoms with Gasteiger partial charge in [0.05, 0.1) is 5.92 Å². The van der Waals surface area contributed by atoms with Crippen LogP contribution in [0, 0.1) is 11.8 Å². The van der Waals surface area contributed by atoms with Crippen molar-refractivity contribution < 1.29 is 9.90 Å². The molecule has 1 aliphatic carbocycles. The lowest BCUT2D eigenvalue weighted by molar-refractivity contribution is -0.142. The molecule has 1 rings (SSSR count). The van der Waals surface area contributed by atoms with Crippen molar-refractivity contribution in [3.63, 3.8) is 0 Å². The molecule has 0 radical (unpaired) electrons. The van der Waals surface area contributed by atoms with Crippen molar-refractivity contribution in [2.24, 2.45) is 11.8 Å². The van der Waals surface area contributed by atoms with Gasteiger partial charge in [-0.3, -0.25) is 4.79 Å². The molecule has 0 saturated heterocycles. The Balaban J connectivity index is 2.46. The van der Waals surface area contributed by atoms with Crippen molar-refractivity contribution in [2.75, 3.05) is 0 Å². The second-order valence-corrected chi connectivity index (χ2v) is 4.52. The van der Waals surface area contributed by atoms with E-state index in [9.17, 15) is 4.79 Å². The van der Waals surface area contributed by atoms with E-state index in [0.717, 1.165) is 19.3 Å². The van der Waals surface area contributed by atoms with E-state index >= 15 is 0 Å². The molecule has 1 fully saturated rings. The molecule has 0 amide bonds. The lowest BCUT2D eigenvalue weighted by atomic mass is 9.83. The highest BCUT2D eigenvalue weighted by atomic mass is 79.9. The summed E-state index contributed by atoms with van der Waals surface area (Å²) in [5, 5.41) is 8.72. The Kier molecular flexibility index (Phi) is 2.93. The summed E-state index contributed by atoms with van der Waals surface area (Å²) in [6.07, 6.45) is 2.67. The second-order valence-electron chi connectivity index (χ2n) is 3.34. The minimum absolute atomic E-state index is 0.115. The third-order valence-corrected chi connectivity index (χ3v) is 3.72. The average Bonchev–Trinajstić information content (AvgIpc) is 1.94. The second kappa shape index (κ2) is 3.57. The Labute approximate surface area is 75.1 Å². The lowest BCUT2D eigenvalue weighted by Crippen LogP contribution is -2.27. The summed E-state index contributed by atoms with van der Waals surface area (Å²) in [5.41, 5.74) is 0. The minimum Gasteiger partial charge on any atom is -0.481 e. The maximum absolute atomic E-state index is 10.6. The Morgan fingerprint density at radius 1 is 1.55 bits per heavy atom. The summed E-state index contributed by atoms with van der Waals surface area (Å²) in [7, 11) is 0. The zero-order valence-electron chi connectivity index (χ0n) is 6.59. The Bertz CT molecular complexity index is 158. The van der Waals surface area contributed by atoms with E-state index in [2.05, 4.69) is 22.9 Å². The summed E-state index contributed by atoms with van der Waals surface area (Å²) in [5.74, 6) is -0.123. The highest BCUT2D eigenvalue weighted by Gasteiger charge is 2.29. The van der Waals surface area contributed by atoms with Gasteiger partial charge in [-0.25, -0.2) is 0 Å². The fourth-order valence-electron chi connectivity index (χ4n) is 1.49. The molecule has 1 N–H and O–H groups in total. The van der Waals surface area contributed by atoms with Crippen molar-refractivity contribution >= 4 is 21.9 Å². The highest BCUT2D eigenvalue weighted by Crippen LogP contribution is 2.33. The normalized spacial score (nSPS) is 38.5. The van der Waals surface area contributed by atoms with Gasteiger partial charge in [0.15, 0.2) is 0 Å². The first-order valence-electron chi connectivity index (χ1n) is 3.98. The molecule has 0 aromatic rings. The number of halogens is 1. The van der Waals surface area contributed by atoms with Gasteiger partial charge in [-0.2, -0.15) is 0 Å². The van der Waals surface area contributed by atoms with Crippen LogP contribution in [0.25, 0.3) is 0 Å². The van der Waals surface area contributed by atoms with E-state index in [-0.39, 0.29) is 5.92 Å². The van der Waals surface area contributed by atoms with E-state index in [1.165, 1.54) is 0 Å². The Morgan fingerprint density at radius 3 is 2.64 bits per heavy atom. The molecule has 3 atom stereocenters. The third-order valence-electron chi connectivity index (χ3n) is 2.45. The zero-order chi connectivity index (χ0) is 8.43. The molecule has 3 heteroatoms. The van der Waals surface area contributed by atoms with Crippen molar-refractivity contribution in [3.8, 4) is 0 Å². The first-order chi connectivity index (χ1) is 5.11. The molecule has 3 unspecified atom stereocenters. The summed E-state index contributed by atoms with van der Waals surface area (Å²) in [6.45, 7) is 2.16. The standard InChI is InChI=1S/C8H13BrO2/c1-5-2-3-6(8(10)11)4-7(5)9/h5-7H,2-4H2,1H3,(H,10,11). The fourth-order valence-corrected chi connectivity index (χ4v) is 2.21. The zero-order valence-corrected chi connectivity index (χ0v) is 8.17. The smallest absolute Gasteiger partial charge is 0.306 e. The van der Waals surface area contributed by atoms with Crippen LogP contribution in [0.4, 0.5) is 0 Å². The summed E-state index contributed by atoms with van der Waals surface area (Å²) >= 11 is 3.50. The molecule has 2 nitrogen and oxygen atoms in total. The maximum Gasteiger partial charge on any atom is 0.306 e. The number of hydrogen-bond donors (Lipinski definition) is 1. The monoisotopic (exact) mass is 220 g/mol. The van der Waals surface area contributed by atoms with Crippen molar-refractivity contribution in [1.82, 2.24) is 0 Å². The Hall–Kier alpha value is -0.0500. The Morgan fingerprint density at radius 2 is 2.18 bits per heavy atom. The van der Waals surface area contributed by atoms with Crippen molar-refractivity contribution in [1.29, 1.82) is 0 Å². The summed E-state index contributed by atoms with van der Waals surface area (Å²) in [4.78, 5) is 11.0. The van der Waals surface area contributed by atoms with Gasteiger partial charge in [-0.05, 0) is 25.2 Å². The first kappa shape index (κ1) is 9.04. The van der Waals surface area contributed by atoms with Crippen molar-refractivity contribution in [3.05, 3.63) is 0 Å². The van der Waals surface area contributed by atoms with E-state index in [0.29, 0.717) is 10.7 Å². The van der Waals surface area contributed by atoms with E-state index in [1.54, 1.807) is 0 Å². The van der Waals surface area contributed by atoms with Gasteiger partial charge >= 0.3 is 5.97 Å². The molecule has 0 spiro atoms. The largest absolute Gasteiger partial charge is 0.481 e. The van der Waals surface area contributed by atoms with Crippen LogP contribution < -0.4 is 0 Å². The van der Waals surface area contributed by atoms with Gasteiger partial charge in [0.1, 0.15) is 0 Å². The van der Waals surface area contributed by atoms with E-state index < -0.39 is 5.97 Å². The van der Waals surface area contributed by atoms with Gasteiger partial charge < -0.3 is 5.11 Å². The predicted octanol–water partition coefficient (Wildman–Crippen LogP) is 2.27. The molecule has 1 saturated carbocycles. The van der Waals surface area contributed by atoms with Crippen LogP contribution in [0.1, 0.15) is 26.2 Å². The van der Waals surface area contributed by atoms with Gasteiger partial charge in [0.25, 0.3) is 0 Å². The minimum atomic E-state index is -0.638. The number of alkyl halides is 1. The molecule has 0 bridgehead atoms. The van der Waals surface area contributed by atoms with Crippen LogP contribution >= 0.6 is 15.9 Å². The predicted molar refractivity (Wildman–Crippen MR) is 46.9 cm³/mol. The summed E-state index contributed by atoms with van der Waals surface area (Å²) < 4.78 is 0. The van der Waals surface area contributed by atoms with Crippen LogP contribution in [0.2, 0.25) is 0 Å². The number of rotatable bonds is 1. The van der Waals surface area contributed by atoms with E-state index in [4.69, 9.17) is 5.11 Å². The van der Waals surface area contributed by atoms with Crippen LogP contribution in [0.5, 0.6) is 0 Å². The first-order valence-corrected chi connectivity index (χ1v) is 4.89. The molecule has 0 aromatic heterocycles. The average molecular weight is 221 g/mol. The van der Waals surface area contributed by atoms with Crippen molar-refractivity contribution in [2.45, 2.75) is 31.0 Å². The summed E-state index contributed by atoms with van der Waals surface area (Å²) in [6, 6.07) is 0. The van der Waals surface area contributed by atoms with Crippen LogP contribution in [-0.4, -0.2) is 15.9 Å². The number of carboxylic acid groups (broad SMARTS) is 1. The molecule has 1 aliphatic rings. The van der Waals surface area contributed by atoms with E-state index in [1.807, 2.05) is 0 Å². The van der Waals surface area contributed by atoms with Gasteiger partial charge in [-0.1, -0.05) is 22.9 Å². The molecular weight excluding hydrogens is 208 g/mol. The quantitative estimate of drug-likeness (QED) is 0.689. The van der Waals surface area contributed by atoms with Crippen LogP contribution in [-0.2, 0) is 4.79 Å². The molecule has 0 heterocycles. The molecule has 0 aromatic carbocycles. The molecule has 11 heavy (non-hydrogen) atoms. The van der Waals surface area contributed by atoms with Gasteiger partial charge in [0.2, 0.25) is 0 Å². The number of aliphatic carboxylic acids is 1. The highest BCUT2D eigenvalue weighted by molar-refractivity contribution is 9.09. The van der Waals surface area contributed by atoms with Crippen LogP contribution in [0.15, 0.2) is 0 Å². The van der Waals surface area contributed by atoms with Gasteiger partial charge in [-0.15, -0.1) is 0 Å². The number of hydrogen-bond acceptors (Lipinski definition) is 1. The maximum atomic E-state index is 10.6. The molecule has 64 valence electrons. The lowest BCUT2D eigenvalue weighted by Gasteiger charge is -2.28. The molecular formula is C8H13BrO2. The van der Waals surface area contributed by atoms with Gasteiger partial charge in [0, 0.05) is 4.83 Å². The third kappa shape index (κ3) is 2.19. The number of carboxylic acids is 1.